The monoisotopic (exact) mass is 646 g/mol. The van der Waals surface area contributed by atoms with Crippen molar-refractivity contribution in [2.45, 2.75) is 45.2 Å². The molecule has 0 aliphatic carbocycles. The molecule has 1 aromatic heterocycles. The first kappa shape index (κ1) is 33.6. The lowest BCUT2D eigenvalue weighted by Gasteiger charge is -2.36. The Balaban J connectivity index is 1.55. The molecule has 3 N–H and O–H groups in total. The maximum absolute atomic E-state index is 12.8. The molecule has 3 aromatic carbocycles. The van der Waals surface area contributed by atoms with Crippen molar-refractivity contribution >= 4 is 40.4 Å². The number of alkyl carbamates (subject to hydrolysis) is 1. The van der Waals surface area contributed by atoms with Gasteiger partial charge in [-0.2, -0.15) is 0 Å². The number of carbonyl (C=O) groups is 3. The van der Waals surface area contributed by atoms with E-state index in [9.17, 15) is 14.4 Å². The number of hydrogen-bond acceptors (Lipinski definition) is 12. The fourth-order valence-corrected chi connectivity index (χ4v) is 5.09. The molecule has 0 spiro atoms. The SMILES string of the molecule is CCOC(=O)OC(NC(=O)OC(C)(C)C)OOC(=O)C(=N)c1csc(NC(c2ccccc2)(c2ccccc2)c2ccccc2)n1. The highest BCUT2D eigenvalue weighted by molar-refractivity contribution is 7.14. The molecule has 1 amide bonds. The van der Waals surface area contributed by atoms with Crippen molar-refractivity contribution in [3.8, 4) is 0 Å². The Morgan fingerprint density at radius 2 is 1.39 bits per heavy atom. The third kappa shape index (κ3) is 8.67. The first-order chi connectivity index (χ1) is 22.0. The van der Waals surface area contributed by atoms with Gasteiger partial charge in [0, 0.05) is 5.38 Å². The number of nitrogens with zero attached hydrogens (tertiary/aromatic N) is 1. The molecule has 1 heterocycles. The van der Waals surface area contributed by atoms with Crippen LogP contribution >= 0.6 is 11.3 Å². The van der Waals surface area contributed by atoms with E-state index in [1.54, 1.807) is 27.7 Å². The van der Waals surface area contributed by atoms with Crippen LogP contribution in [0.3, 0.4) is 0 Å². The smallest absolute Gasteiger partial charge is 0.444 e. The summed E-state index contributed by atoms with van der Waals surface area (Å²) >= 11 is 1.19. The summed E-state index contributed by atoms with van der Waals surface area (Å²) in [6.07, 6.45) is -4.16. The van der Waals surface area contributed by atoms with Crippen molar-refractivity contribution in [3.63, 3.8) is 0 Å². The number of ether oxygens (including phenoxy) is 3. The largest absolute Gasteiger partial charge is 0.512 e. The number of aromatic nitrogens is 1. The first-order valence-electron chi connectivity index (χ1n) is 14.2. The molecule has 1 unspecified atom stereocenters. The van der Waals surface area contributed by atoms with Crippen LogP contribution < -0.4 is 10.6 Å². The van der Waals surface area contributed by atoms with E-state index >= 15 is 0 Å². The molecule has 0 radical (unpaired) electrons. The standard InChI is InChI=1S/C33H34N4O8S/c1-5-41-31(40)42-30(36-29(39)43-32(2,3)4)45-44-27(38)26(34)25-21-46-28(35-25)37-33(22-15-9-6-10-16-22,23-17-11-7-12-18-23)24-19-13-8-14-20-24/h6-21,30,34H,5H2,1-4H3,(H,35,37)(H,36,39). The molecule has 0 bridgehead atoms. The quantitative estimate of drug-likeness (QED) is 0.0394. The second-order valence-electron chi connectivity index (χ2n) is 10.6. The van der Waals surface area contributed by atoms with E-state index in [1.165, 1.54) is 16.7 Å². The van der Waals surface area contributed by atoms with Gasteiger partial charge in [0.2, 0.25) is 0 Å². The lowest BCUT2D eigenvalue weighted by atomic mass is 9.77. The molecule has 4 aromatic rings. The van der Waals surface area contributed by atoms with Gasteiger partial charge < -0.3 is 19.5 Å². The van der Waals surface area contributed by atoms with Crippen molar-refractivity contribution in [1.29, 1.82) is 5.41 Å². The molecule has 0 fully saturated rings. The van der Waals surface area contributed by atoms with Crippen LogP contribution in [0.25, 0.3) is 0 Å². The summed E-state index contributed by atoms with van der Waals surface area (Å²) < 4.78 is 14.6. The lowest BCUT2D eigenvalue weighted by Crippen LogP contribution is -2.43. The number of rotatable bonds is 12. The van der Waals surface area contributed by atoms with Gasteiger partial charge in [-0.25, -0.2) is 19.4 Å². The summed E-state index contributed by atoms with van der Waals surface area (Å²) in [6.45, 7) is 6.38. The van der Waals surface area contributed by atoms with E-state index < -0.39 is 41.5 Å². The van der Waals surface area contributed by atoms with E-state index in [1.807, 2.05) is 91.0 Å². The van der Waals surface area contributed by atoms with E-state index in [0.29, 0.717) is 5.13 Å². The summed E-state index contributed by atoms with van der Waals surface area (Å²) in [5.74, 6) is -1.26. The molecular formula is C33H34N4O8S. The van der Waals surface area contributed by atoms with Crippen LogP contribution in [0, 0.1) is 5.41 Å². The van der Waals surface area contributed by atoms with Crippen molar-refractivity contribution in [2.75, 3.05) is 11.9 Å². The van der Waals surface area contributed by atoms with Gasteiger partial charge in [-0.1, -0.05) is 91.0 Å². The van der Waals surface area contributed by atoms with Crippen LogP contribution in [0.15, 0.2) is 96.4 Å². The Morgan fingerprint density at radius 1 is 0.870 bits per heavy atom. The molecule has 13 heteroatoms. The molecular weight excluding hydrogens is 612 g/mol. The highest BCUT2D eigenvalue weighted by Crippen LogP contribution is 2.40. The Labute approximate surface area is 270 Å². The first-order valence-corrected chi connectivity index (χ1v) is 15.1. The van der Waals surface area contributed by atoms with Crippen molar-refractivity contribution < 1.29 is 38.4 Å². The highest BCUT2D eigenvalue weighted by Gasteiger charge is 2.37. The lowest BCUT2D eigenvalue weighted by molar-refractivity contribution is -0.343. The molecule has 1 atom stereocenters. The van der Waals surface area contributed by atoms with Crippen molar-refractivity contribution in [1.82, 2.24) is 10.3 Å². The van der Waals surface area contributed by atoms with Gasteiger partial charge in [0.15, 0.2) is 10.8 Å². The summed E-state index contributed by atoms with van der Waals surface area (Å²) in [6, 6.07) is 29.6. The number of hydrogen-bond donors (Lipinski definition) is 3. The van der Waals surface area contributed by atoms with Crippen LogP contribution in [0.1, 0.15) is 50.1 Å². The number of amides is 1. The predicted molar refractivity (Wildman–Crippen MR) is 170 cm³/mol. The Hall–Kier alpha value is -5.27. The number of benzene rings is 3. The number of nitrogens with one attached hydrogen (secondary N) is 3. The minimum Gasteiger partial charge on any atom is -0.444 e. The highest BCUT2D eigenvalue weighted by atomic mass is 32.1. The molecule has 0 saturated carbocycles. The summed E-state index contributed by atoms with van der Waals surface area (Å²) in [4.78, 5) is 50.9. The summed E-state index contributed by atoms with van der Waals surface area (Å²) in [5.41, 5.74) is 0.405. The molecule has 0 aliphatic heterocycles. The summed E-state index contributed by atoms with van der Waals surface area (Å²) in [5, 5.41) is 16.0. The third-order valence-corrected chi connectivity index (χ3v) is 6.95. The summed E-state index contributed by atoms with van der Waals surface area (Å²) in [7, 11) is 0. The fraction of sp³-hybridized carbons (Fsp3) is 0.242. The van der Waals surface area contributed by atoms with Crippen molar-refractivity contribution in [2.24, 2.45) is 0 Å². The topological polar surface area (TPSA) is 158 Å². The van der Waals surface area contributed by atoms with Gasteiger partial charge in [-0.3, -0.25) is 15.6 Å². The zero-order valence-electron chi connectivity index (χ0n) is 25.6. The second-order valence-corrected chi connectivity index (χ2v) is 11.5. The van der Waals surface area contributed by atoms with Gasteiger partial charge in [-0.15, -0.1) is 16.2 Å². The van der Waals surface area contributed by atoms with Crippen LogP contribution in [0.2, 0.25) is 0 Å². The van der Waals surface area contributed by atoms with E-state index in [0.717, 1.165) is 16.7 Å². The van der Waals surface area contributed by atoms with Gasteiger partial charge >= 0.3 is 24.6 Å². The van der Waals surface area contributed by atoms with Gasteiger partial charge in [0.05, 0.1) is 6.61 Å². The average molecular weight is 647 g/mol. The number of thiazole rings is 1. The Kier molecular flexibility index (Phi) is 11.1. The molecule has 4 rings (SSSR count). The zero-order valence-corrected chi connectivity index (χ0v) is 26.5. The Bertz CT molecular complexity index is 1530. The van der Waals surface area contributed by atoms with Crippen molar-refractivity contribution in [3.05, 3.63) is 119 Å². The second kappa shape index (κ2) is 15.1. The van der Waals surface area contributed by atoms with E-state index in [2.05, 4.69) is 20.4 Å². The van der Waals surface area contributed by atoms with Crippen LogP contribution in [-0.4, -0.2) is 47.5 Å². The molecule has 240 valence electrons. The molecule has 0 saturated heterocycles. The fourth-order valence-electron chi connectivity index (χ4n) is 4.34. The Morgan fingerprint density at radius 3 is 1.87 bits per heavy atom. The van der Waals surface area contributed by atoms with Gasteiger partial charge in [0.25, 0.3) is 0 Å². The third-order valence-electron chi connectivity index (χ3n) is 6.19. The minimum absolute atomic E-state index is 0.00727. The van der Waals surface area contributed by atoms with Crippen LogP contribution in [-0.2, 0) is 34.3 Å². The normalized spacial score (nSPS) is 11.9. The minimum atomic E-state index is -1.93. The number of anilines is 1. The molecule has 0 aliphatic rings. The maximum Gasteiger partial charge on any atom is 0.512 e. The van der Waals surface area contributed by atoms with Crippen LogP contribution in [0.5, 0.6) is 0 Å². The molecule has 12 nitrogen and oxygen atoms in total. The van der Waals surface area contributed by atoms with E-state index in [4.69, 9.17) is 24.7 Å². The van der Waals surface area contributed by atoms with Gasteiger partial charge in [-0.05, 0) is 44.4 Å². The predicted octanol–water partition coefficient (Wildman–Crippen LogP) is 6.37. The van der Waals surface area contributed by atoms with Gasteiger partial charge in [0.1, 0.15) is 16.8 Å². The maximum atomic E-state index is 12.8. The molecule has 46 heavy (non-hydrogen) atoms. The zero-order chi connectivity index (χ0) is 33.2. The van der Waals surface area contributed by atoms with E-state index in [-0.39, 0.29) is 12.3 Å². The average Bonchev–Trinajstić information content (AvgIpc) is 3.51. The van der Waals surface area contributed by atoms with Crippen LogP contribution in [0.4, 0.5) is 14.7 Å². The number of carbonyl (C=O) groups excluding carboxylic acids is 3.